The van der Waals surface area contributed by atoms with Crippen LogP contribution in [0.15, 0.2) is 78.9 Å². The Hall–Kier alpha value is -3.17. The number of nitrogens with zero attached hydrogens (tertiary/aromatic N) is 3. The van der Waals surface area contributed by atoms with Crippen LogP contribution in [0.1, 0.15) is 46.7 Å². The zero-order valence-electron chi connectivity index (χ0n) is 25.3. The smallest absolute Gasteiger partial charge is 0.254 e. The molecule has 0 saturated carbocycles. The van der Waals surface area contributed by atoms with E-state index in [1.165, 1.54) is 22.7 Å². The van der Waals surface area contributed by atoms with Crippen molar-refractivity contribution in [2.45, 2.75) is 30.6 Å². The van der Waals surface area contributed by atoms with Crippen molar-refractivity contribution in [2.24, 2.45) is 0 Å². The molecule has 236 valence electrons. The fourth-order valence-electron chi connectivity index (χ4n) is 7.02. The van der Waals surface area contributed by atoms with Crippen LogP contribution in [0.3, 0.4) is 0 Å². The maximum Gasteiger partial charge on any atom is 0.254 e. The Morgan fingerprint density at radius 2 is 1.71 bits per heavy atom. The normalized spacial score (nSPS) is 17.0. The van der Waals surface area contributed by atoms with Crippen molar-refractivity contribution >= 4 is 55.6 Å². The summed E-state index contributed by atoms with van der Waals surface area (Å²) in [6, 6.07) is 23.8. The van der Waals surface area contributed by atoms with Crippen molar-refractivity contribution in [1.29, 1.82) is 0 Å². The number of likely N-dealkylation sites (N-methyl/N-ethyl adjacent to an activating group) is 1. The van der Waals surface area contributed by atoms with E-state index in [1.807, 2.05) is 61.6 Å². The summed E-state index contributed by atoms with van der Waals surface area (Å²) in [7, 11) is -1.65. The fraction of sp³-hybridized carbons (Fsp3) is 0.343. The first-order valence-electron chi connectivity index (χ1n) is 15.1. The number of likely N-dealkylation sites (tertiary alicyclic amines) is 1. The Balaban J connectivity index is 1.18. The Bertz CT molecular complexity index is 1860. The molecule has 1 amide bonds. The maximum absolute atomic E-state index is 14.3. The lowest BCUT2D eigenvalue weighted by atomic mass is 9.74. The predicted molar refractivity (Wildman–Crippen MR) is 181 cm³/mol. The van der Waals surface area contributed by atoms with E-state index < -0.39 is 15.4 Å². The van der Waals surface area contributed by atoms with Crippen LogP contribution in [0.4, 0.5) is 10.1 Å². The summed E-state index contributed by atoms with van der Waals surface area (Å²) < 4.78 is 41.0. The van der Waals surface area contributed by atoms with Gasteiger partial charge in [0.15, 0.2) is 0 Å². The summed E-state index contributed by atoms with van der Waals surface area (Å²) in [6.07, 6.45) is 3.44. The molecule has 6 nitrogen and oxygen atoms in total. The lowest BCUT2D eigenvalue weighted by Gasteiger charge is -2.40. The molecule has 1 spiro atoms. The molecule has 1 fully saturated rings. The summed E-state index contributed by atoms with van der Waals surface area (Å²) in [4.78, 5) is 17.9. The summed E-state index contributed by atoms with van der Waals surface area (Å²) in [5.74, 6) is -0.390. The number of sulfonamides is 1. The second kappa shape index (κ2) is 12.6. The highest BCUT2D eigenvalue weighted by atomic mass is 35.5. The Labute approximate surface area is 274 Å². The second-order valence-electron chi connectivity index (χ2n) is 12.4. The molecular formula is C35H36Cl2FN3O3S. The zero-order valence-corrected chi connectivity index (χ0v) is 27.7. The number of fused-ring (bicyclic) bond motifs is 3. The summed E-state index contributed by atoms with van der Waals surface area (Å²) >= 11 is 12.7. The zero-order chi connectivity index (χ0) is 31.9. The lowest BCUT2D eigenvalue weighted by Crippen LogP contribution is -2.46. The number of amides is 1. The third-order valence-electron chi connectivity index (χ3n) is 9.53. The molecule has 2 heterocycles. The number of anilines is 1. The van der Waals surface area contributed by atoms with Crippen LogP contribution < -0.4 is 4.31 Å². The molecule has 1 saturated heterocycles. The highest BCUT2D eigenvalue weighted by molar-refractivity contribution is 7.92. The minimum absolute atomic E-state index is 0.00149. The molecule has 2 aliphatic rings. The molecule has 1 atom stereocenters. The molecule has 0 bridgehead atoms. The van der Waals surface area contributed by atoms with Gasteiger partial charge < -0.3 is 9.80 Å². The lowest BCUT2D eigenvalue weighted by molar-refractivity contribution is 0.0782. The summed E-state index contributed by atoms with van der Waals surface area (Å²) in [5, 5.41) is 2.91. The van der Waals surface area contributed by atoms with Crippen LogP contribution in [-0.4, -0.2) is 70.2 Å². The predicted octanol–water partition coefficient (Wildman–Crippen LogP) is 7.35. The van der Waals surface area contributed by atoms with E-state index in [0.717, 1.165) is 60.8 Å². The first-order chi connectivity index (χ1) is 21.4. The number of hydrogen-bond acceptors (Lipinski definition) is 4. The van der Waals surface area contributed by atoms with Gasteiger partial charge in [-0.3, -0.25) is 9.10 Å². The van der Waals surface area contributed by atoms with Crippen molar-refractivity contribution < 1.29 is 17.6 Å². The van der Waals surface area contributed by atoms with Gasteiger partial charge in [-0.2, -0.15) is 0 Å². The molecule has 10 heteroatoms. The van der Waals surface area contributed by atoms with Gasteiger partial charge in [0.1, 0.15) is 5.82 Å². The number of benzene rings is 4. The van der Waals surface area contributed by atoms with Gasteiger partial charge in [-0.15, -0.1) is 0 Å². The monoisotopic (exact) mass is 667 g/mol. The van der Waals surface area contributed by atoms with E-state index in [0.29, 0.717) is 34.4 Å². The van der Waals surface area contributed by atoms with Crippen LogP contribution in [0, 0.1) is 5.82 Å². The quantitative estimate of drug-likeness (QED) is 0.197. The number of halogens is 3. The first kappa shape index (κ1) is 31.8. The average molecular weight is 669 g/mol. The molecule has 6 rings (SSSR count). The van der Waals surface area contributed by atoms with Crippen molar-refractivity contribution in [3.8, 4) is 0 Å². The van der Waals surface area contributed by atoms with Gasteiger partial charge in [-0.05, 0) is 97.2 Å². The molecule has 45 heavy (non-hydrogen) atoms. The third-order valence-corrected chi connectivity index (χ3v) is 11.4. The van der Waals surface area contributed by atoms with Crippen molar-refractivity contribution in [2.75, 3.05) is 50.3 Å². The minimum atomic E-state index is -3.48. The van der Waals surface area contributed by atoms with E-state index >= 15 is 0 Å². The topological polar surface area (TPSA) is 60.9 Å². The fourth-order valence-corrected chi connectivity index (χ4v) is 8.33. The molecule has 0 N–H and O–H groups in total. The molecular weight excluding hydrogens is 632 g/mol. The average Bonchev–Trinajstić information content (AvgIpc) is 3.34. The number of carbonyl (C=O) groups excluding carboxylic acids is 1. The number of carbonyl (C=O) groups is 1. The van der Waals surface area contributed by atoms with Crippen LogP contribution >= 0.6 is 23.2 Å². The van der Waals surface area contributed by atoms with Crippen LogP contribution in [-0.2, 0) is 15.4 Å². The molecule has 4 aromatic rings. The molecule has 0 radical (unpaired) electrons. The highest BCUT2D eigenvalue weighted by Crippen LogP contribution is 2.48. The largest absolute Gasteiger partial charge is 0.341 e. The Morgan fingerprint density at radius 1 is 0.978 bits per heavy atom. The van der Waals surface area contributed by atoms with E-state index in [1.54, 1.807) is 17.0 Å². The van der Waals surface area contributed by atoms with E-state index in [9.17, 15) is 17.6 Å². The van der Waals surface area contributed by atoms with Gasteiger partial charge in [0.05, 0.1) is 22.0 Å². The first-order valence-corrected chi connectivity index (χ1v) is 17.7. The van der Waals surface area contributed by atoms with Gasteiger partial charge in [0.2, 0.25) is 10.0 Å². The minimum Gasteiger partial charge on any atom is -0.341 e. The van der Waals surface area contributed by atoms with Crippen LogP contribution in [0.5, 0.6) is 0 Å². The van der Waals surface area contributed by atoms with Crippen LogP contribution in [0.25, 0.3) is 10.8 Å². The van der Waals surface area contributed by atoms with Gasteiger partial charge in [0, 0.05) is 37.0 Å². The molecule has 4 aromatic carbocycles. The van der Waals surface area contributed by atoms with Crippen molar-refractivity contribution in [3.05, 3.63) is 111 Å². The molecule has 0 aromatic heterocycles. The Morgan fingerprint density at radius 3 is 2.44 bits per heavy atom. The van der Waals surface area contributed by atoms with Crippen molar-refractivity contribution in [3.63, 3.8) is 0 Å². The third kappa shape index (κ3) is 6.43. The van der Waals surface area contributed by atoms with Gasteiger partial charge in [-0.1, -0.05) is 65.7 Å². The number of hydrogen-bond donors (Lipinski definition) is 0. The number of piperidine rings is 1. The number of rotatable bonds is 8. The molecule has 2 aliphatic heterocycles. The molecule has 0 unspecified atom stereocenters. The Kier molecular flexibility index (Phi) is 8.87. The highest BCUT2D eigenvalue weighted by Gasteiger charge is 2.47. The van der Waals surface area contributed by atoms with Gasteiger partial charge >= 0.3 is 0 Å². The maximum atomic E-state index is 14.3. The van der Waals surface area contributed by atoms with Gasteiger partial charge in [-0.25, -0.2) is 12.8 Å². The second-order valence-corrected chi connectivity index (χ2v) is 15.1. The van der Waals surface area contributed by atoms with Crippen molar-refractivity contribution in [1.82, 2.24) is 9.80 Å². The van der Waals surface area contributed by atoms with E-state index in [4.69, 9.17) is 23.2 Å². The van der Waals surface area contributed by atoms with E-state index in [2.05, 4.69) is 4.90 Å². The van der Waals surface area contributed by atoms with E-state index in [-0.39, 0.29) is 17.6 Å². The molecule has 0 aliphatic carbocycles. The summed E-state index contributed by atoms with van der Waals surface area (Å²) in [5.41, 5.74) is 2.65. The van der Waals surface area contributed by atoms with Crippen LogP contribution in [0.2, 0.25) is 10.0 Å². The SMILES string of the molecule is CN(C[C@@H](CCN1CCC2(CC1)CN(S(C)(=O)=O)c1ccc(F)cc12)c1ccc(Cl)c(Cl)c1)C(=O)c1cccc2ccccc12. The van der Waals surface area contributed by atoms with Gasteiger partial charge in [0.25, 0.3) is 5.91 Å². The standard InChI is InChI=1S/C35H36Cl2FN3O3S/c1-39(34(42)29-9-5-7-24-6-3-4-8-28(24)29)22-26(25-10-12-31(36)32(37)20-25)14-17-40-18-15-35(16-19-40)23-41(45(2,43)44)33-13-11-27(38)21-30(33)35/h3-13,20-21,26H,14-19,22-23H2,1-2H3/t26-/m1/s1. The summed E-state index contributed by atoms with van der Waals surface area (Å²) in [6.45, 7) is 3.13.